The lowest BCUT2D eigenvalue weighted by atomic mass is 9.85. The van der Waals surface area contributed by atoms with E-state index in [0.717, 1.165) is 71.2 Å². The Morgan fingerprint density at radius 3 is 2.53 bits per heavy atom. The summed E-state index contributed by atoms with van der Waals surface area (Å²) in [5.41, 5.74) is 1.33. The van der Waals surface area contributed by atoms with Gasteiger partial charge in [0.05, 0.1) is 16.2 Å². The molecule has 0 aromatic heterocycles. The highest BCUT2D eigenvalue weighted by atomic mass is 35.5. The molecule has 6 heteroatoms. The number of halogens is 2. The highest BCUT2D eigenvalue weighted by Gasteiger charge is 2.34. The first-order chi connectivity index (χ1) is 15.4. The highest BCUT2D eigenvalue weighted by molar-refractivity contribution is 6.36. The van der Waals surface area contributed by atoms with Crippen molar-refractivity contribution in [3.05, 3.63) is 69.7 Å². The van der Waals surface area contributed by atoms with Gasteiger partial charge in [0.25, 0.3) is 5.91 Å². The van der Waals surface area contributed by atoms with Crippen LogP contribution in [0.25, 0.3) is 0 Å². The van der Waals surface area contributed by atoms with Gasteiger partial charge in [-0.1, -0.05) is 53.5 Å². The molecule has 1 atom stereocenters. The normalized spacial score (nSPS) is 21.1. The number of carbonyl (C=O) groups excluding carboxylic acids is 1. The SMILES string of the molecule is O=C(c1ccc(Cl)cc1Cl)N1CC[C@H](CN2CCC(O)(CCCc3ccccc3)CC2)C1. The fraction of sp³-hybridized carbons (Fsp3) is 0.500. The number of likely N-dealkylation sites (tertiary alicyclic amines) is 2. The second-order valence-electron chi connectivity index (χ2n) is 9.39. The molecule has 2 aliphatic rings. The molecule has 0 bridgehead atoms. The molecule has 2 aromatic rings. The molecule has 0 unspecified atom stereocenters. The number of rotatable bonds is 7. The van der Waals surface area contributed by atoms with E-state index in [1.54, 1.807) is 18.2 Å². The molecule has 32 heavy (non-hydrogen) atoms. The van der Waals surface area contributed by atoms with Crippen LogP contribution in [0.5, 0.6) is 0 Å². The largest absolute Gasteiger partial charge is 0.390 e. The summed E-state index contributed by atoms with van der Waals surface area (Å²) >= 11 is 12.2. The molecule has 1 N–H and O–H groups in total. The number of hydrogen-bond donors (Lipinski definition) is 1. The van der Waals surface area contributed by atoms with Crippen molar-refractivity contribution in [2.45, 2.75) is 44.1 Å². The second-order valence-corrected chi connectivity index (χ2v) is 10.2. The van der Waals surface area contributed by atoms with Crippen LogP contribution in [-0.2, 0) is 6.42 Å². The van der Waals surface area contributed by atoms with E-state index in [1.807, 2.05) is 11.0 Å². The van der Waals surface area contributed by atoms with Crippen LogP contribution < -0.4 is 0 Å². The van der Waals surface area contributed by atoms with Gasteiger partial charge >= 0.3 is 0 Å². The predicted molar refractivity (Wildman–Crippen MR) is 130 cm³/mol. The molecule has 4 nitrogen and oxygen atoms in total. The number of hydrogen-bond acceptors (Lipinski definition) is 3. The zero-order valence-electron chi connectivity index (χ0n) is 18.5. The molecule has 2 heterocycles. The van der Waals surface area contributed by atoms with Crippen LogP contribution >= 0.6 is 23.2 Å². The number of carbonyl (C=O) groups is 1. The number of piperidine rings is 1. The van der Waals surface area contributed by atoms with Gasteiger partial charge in [0.2, 0.25) is 0 Å². The van der Waals surface area contributed by atoms with Crippen LogP contribution in [0.15, 0.2) is 48.5 Å². The van der Waals surface area contributed by atoms with Gasteiger partial charge in [0.1, 0.15) is 0 Å². The summed E-state index contributed by atoms with van der Waals surface area (Å²) in [4.78, 5) is 17.2. The standard InChI is InChI=1S/C26H32Cl2N2O2/c27-22-8-9-23(24(28)17-22)25(31)30-14-10-21(19-30)18-29-15-12-26(32,13-16-29)11-4-7-20-5-2-1-3-6-20/h1-3,5-6,8-9,17,21,32H,4,7,10-16,18-19H2/t21-/m1/s1. The Morgan fingerprint density at radius 1 is 1.06 bits per heavy atom. The van der Waals surface area contributed by atoms with E-state index in [1.165, 1.54) is 5.56 Å². The lowest BCUT2D eigenvalue weighted by Crippen LogP contribution is -2.46. The van der Waals surface area contributed by atoms with Crippen LogP contribution in [0.3, 0.4) is 0 Å². The molecule has 172 valence electrons. The van der Waals surface area contributed by atoms with Crippen molar-refractivity contribution in [2.24, 2.45) is 5.92 Å². The van der Waals surface area contributed by atoms with E-state index in [-0.39, 0.29) is 5.91 Å². The lowest BCUT2D eigenvalue weighted by Gasteiger charge is -2.39. The van der Waals surface area contributed by atoms with E-state index >= 15 is 0 Å². The Kier molecular flexibility index (Phi) is 7.78. The minimum Gasteiger partial charge on any atom is -0.390 e. The zero-order chi connectivity index (χ0) is 22.6. The highest BCUT2D eigenvalue weighted by Crippen LogP contribution is 2.30. The Hall–Kier alpha value is -1.59. The number of benzene rings is 2. The molecule has 0 radical (unpaired) electrons. The summed E-state index contributed by atoms with van der Waals surface area (Å²) in [6.45, 7) is 4.36. The first-order valence-electron chi connectivity index (χ1n) is 11.6. The second kappa shape index (κ2) is 10.6. The topological polar surface area (TPSA) is 43.8 Å². The van der Waals surface area contributed by atoms with Gasteiger partial charge in [-0.15, -0.1) is 0 Å². The molecule has 0 saturated carbocycles. The van der Waals surface area contributed by atoms with Crippen molar-refractivity contribution >= 4 is 29.1 Å². The summed E-state index contributed by atoms with van der Waals surface area (Å²) in [7, 11) is 0. The van der Waals surface area contributed by atoms with Crippen LogP contribution in [0.4, 0.5) is 0 Å². The summed E-state index contributed by atoms with van der Waals surface area (Å²) in [5, 5.41) is 12.0. The van der Waals surface area contributed by atoms with Gasteiger partial charge < -0.3 is 14.9 Å². The molecule has 2 aliphatic heterocycles. The Balaban J connectivity index is 1.20. The number of aryl methyl sites for hydroxylation is 1. The van der Waals surface area contributed by atoms with Gasteiger partial charge in [-0.2, -0.15) is 0 Å². The summed E-state index contributed by atoms with van der Waals surface area (Å²) in [6.07, 6.45) is 5.58. The van der Waals surface area contributed by atoms with Crippen molar-refractivity contribution in [3.8, 4) is 0 Å². The van der Waals surface area contributed by atoms with Crippen molar-refractivity contribution < 1.29 is 9.90 Å². The minimum absolute atomic E-state index is 0.0133. The molecule has 2 saturated heterocycles. The maximum absolute atomic E-state index is 12.9. The molecule has 0 aliphatic carbocycles. The van der Waals surface area contributed by atoms with Gasteiger partial charge in [0.15, 0.2) is 0 Å². The molecule has 4 rings (SSSR count). The fourth-order valence-electron chi connectivity index (χ4n) is 5.03. The van der Waals surface area contributed by atoms with Crippen molar-refractivity contribution in [1.82, 2.24) is 9.80 Å². The first-order valence-corrected chi connectivity index (χ1v) is 12.4. The molecule has 2 fully saturated rings. The third kappa shape index (κ3) is 6.05. The fourth-order valence-corrected chi connectivity index (χ4v) is 5.52. The molecule has 2 aromatic carbocycles. The Morgan fingerprint density at radius 2 is 1.81 bits per heavy atom. The predicted octanol–water partition coefficient (Wildman–Crippen LogP) is 5.31. The van der Waals surface area contributed by atoms with Gasteiger partial charge in [-0.05, 0) is 68.2 Å². The average molecular weight is 475 g/mol. The average Bonchev–Trinajstić information content (AvgIpc) is 3.24. The maximum atomic E-state index is 12.9. The zero-order valence-corrected chi connectivity index (χ0v) is 20.0. The van der Waals surface area contributed by atoms with Crippen molar-refractivity contribution in [3.63, 3.8) is 0 Å². The van der Waals surface area contributed by atoms with E-state index in [2.05, 4.69) is 29.2 Å². The van der Waals surface area contributed by atoms with Crippen molar-refractivity contribution in [2.75, 3.05) is 32.7 Å². The molecular formula is C26H32Cl2N2O2. The van der Waals surface area contributed by atoms with Gasteiger partial charge in [-0.25, -0.2) is 0 Å². The minimum atomic E-state index is -0.533. The number of nitrogens with zero attached hydrogens (tertiary/aromatic N) is 2. The smallest absolute Gasteiger partial charge is 0.255 e. The summed E-state index contributed by atoms with van der Waals surface area (Å²) in [6, 6.07) is 15.5. The molecule has 1 amide bonds. The third-order valence-corrected chi connectivity index (χ3v) is 7.54. The first kappa shape index (κ1) is 23.6. The van der Waals surface area contributed by atoms with Crippen LogP contribution in [0, 0.1) is 5.92 Å². The third-order valence-electron chi connectivity index (χ3n) is 6.99. The van der Waals surface area contributed by atoms with Crippen molar-refractivity contribution in [1.29, 1.82) is 0 Å². The maximum Gasteiger partial charge on any atom is 0.255 e. The number of aliphatic hydroxyl groups is 1. The van der Waals surface area contributed by atoms with E-state index in [4.69, 9.17) is 23.2 Å². The van der Waals surface area contributed by atoms with E-state index < -0.39 is 5.60 Å². The van der Waals surface area contributed by atoms with Crippen LogP contribution in [0.2, 0.25) is 10.0 Å². The van der Waals surface area contributed by atoms with E-state index in [0.29, 0.717) is 21.5 Å². The van der Waals surface area contributed by atoms with E-state index in [9.17, 15) is 9.90 Å². The Bertz CT molecular complexity index is 913. The quantitative estimate of drug-likeness (QED) is 0.591. The molecule has 0 spiro atoms. The van der Waals surface area contributed by atoms with Gasteiger partial charge in [0, 0.05) is 37.7 Å². The van der Waals surface area contributed by atoms with Gasteiger partial charge in [-0.3, -0.25) is 4.79 Å². The summed E-state index contributed by atoms with van der Waals surface area (Å²) < 4.78 is 0. The lowest BCUT2D eigenvalue weighted by molar-refractivity contribution is -0.0312. The number of amides is 1. The van der Waals surface area contributed by atoms with Crippen LogP contribution in [0.1, 0.15) is 48.0 Å². The Labute approximate surface area is 201 Å². The molecular weight excluding hydrogens is 443 g/mol. The summed E-state index contributed by atoms with van der Waals surface area (Å²) in [5.74, 6) is 0.454. The van der Waals surface area contributed by atoms with Crippen LogP contribution in [-0.4, -0.2) is 59.1 Å². The monoisotopic (exact) mass is 474 g/mol.